The summed E-state index contributed by atoms with van der Waals surface area (Å²) in [6.07, 6.45) is 0. The molecule has 0 aliphatic heterocycles. The molecule has 2 aromatic rings. The molecule has 5 heteroatoms. The summed E-state index contributed by atoms with van der Waals surface area (Å²) in [7, 11) is 1.29. The number of amides is 1. The topological polar surface area (TPSA) is 64.6 Å². The number of hydrogen-bond donors (Lipinski definition) is 1. The standard InChI is InChI=1S/C19H21NO4/c1-13-8-7-11-16(14(13)2)24-12-17(21)20-18(19(22)23-3)15-9-5-4-6-10-15/h4-11,18H,12H2,1-3H3,(H,20,21). The predicted octanol–water partition coefficient (Wildman–Crippen LogP) is 2.71. The van der Waals surface area contributed by atoms with Crippen molar-refractivity contribution in [2.75, 3.05) is 13.7 Å². The maximum Gasteiger partial charge on any atom is 0.333 e. The maximum absolute atomic E-state index is 12.2. The van der Waals surface area contributed by atoms with Gasteiger partial charge in [-0.05, 0) is 36.6 Å². The molecular weight excluding hydrogens is 306 g/mol. The van der Waals surface area contributed by atoms with Crippen molar-refractivity contribution >= 4 is 11.9 Å². The number of aryl methyl sites for hydroxylation is 1. The van der Waals surface area contributed by atoms with Gasteiger partial charge >= 0.3 is 5.97 Å². The summed E-state index contributed by atoms with van der Waals surface area (Å²) in [5.74, 6) is -0.268. The van der Waals surface area contributed by atoms with Gasteiger partial charge in [-0.2, -0.15) is 0 Å². The molecule has 0 aliphatic rings. The largest absolute Gasteiger partial charge is 0.483 e. The molecule has 0 bridgehead atoms. The first-order chi connectivity index (χ1) is 11.5. The molecule has 0 aliphatic carbocycles. The number of carbonyl (C=O) groups excluding carboxylic acids is 2. The van der Waals surface area contributed by atoms with E-state index in [-0.39, 0.29) is 6.61 Å². The van der Waals surface area contributed by atoms with Crippen LogP contribution in [-0.2, 0) is 14.3 Å². The lowest BCUT2D eigenvalue weighted by molar-refractivity contribution is -0.145. The van der Waals surface area contributed by atoms with Crippen LogP contribution >= 0.6 is 0 Å². The summed E-state index contributed by atoms with van der Waals surface area (Å²) >= 11 is 0. The van der Waals surface area contributed by atoms with E-state index in [4.69, 9.17) is 9.47 Å². The van der Waals surface area contributed by atoms with Gasteiger partial charge < -0.3 is 14.8 Å². The van der Waals surface area contributed by atoms with Gasteiger partial charge in [0.25, 0.3) is 5.91 Å². The molecule has 126 valence electrons. The van der Waals surface area contributed by atoms with Crippen LogP contribution in [0.1, 0.15) is 22.7 Å². The van der Waals surface area contributed by atoms with E-state index in [2.05, 4.69) is 5.32 Å². The third-order valence-electron chi connectivity index (χ3n) is 3.79. The van der Waals surface area contributed by atoms with Crippen molar-refractivity contribution < 1.29 is 19.1 Å². The van der Waals surface area contributed by atoms with Gasteiger partial charge in [0.15, 0.2) is 12.6 Å². The van der Waals surface area contributed by atoms with E-state index < -0.39 is 17.9 Å². The fourth-order valence-electron chi connectivity index (χ4n) is 2.27. The van der Waals surface area contributed by atoms with Crippen molar-refractivity contribution in [3.05, 3.63) is 65.2 Å². The first-order valence-electron chi connectivity index (χ1n) is 7.64. The molecule has 0 radical (unpaired) electrons. The van der Waals surface area contributed by atoms with Crippen LogP contribution in [0.4, 0.5) is 0 Å². The van der Waals surface area contributed by atoms with E-state index in [9.17, 15) is 9.59 Å². The van der Waals surface area contributed by atoms with Crippen molar-refractivity contribution in [1.29, 1.82) is 0 Å². The summed E-state index contributed by atoms with van der Waals surface area (Å²) < 4.78 is 10.3. The quantitative estimate of drug-likeness (QED) is 0.829. The second-order valence-corrected chi connectivity index (χ2v) is 5.42. The van der Waals surface area contributed by atoms with Gasteiger partial charge in [-0.1, -0.05) is 42.5 Å². The molecule has 2 aromatic carbocycles. The molecule has 0 fully saturated rings. The Morgan fingerprint density at radius 1 is 1.04 bits per heavy atom. The molecule has 1 atom stereocenters. The number of nitrogens with one attached hydrogen (secondary N) is 1. The van der Waals surface area contributed by atoms with Crippen LogP contribution in [0.15, 0.2) is 48.5 Å². The summed E-state index contributed by atoms with van der Waals surface area (Å²) in [6, 6.07) is 13.7. The number of carbonyl (C=O) groups is 2. The van der Waals surface area contributed by atoms with Gasteiger partial charge in [-0.3, -0.25) is 4.79 Å². The summed E-state index contributed by atoms with van der Waals surface area (Å²) in [4.78, 5) is 24.1. The highest BCUT2D eigenvalue weighted by molar-refractivity contribution is 5.86. The molecular formula is C19H21NO4. The Kier molecular flexibility index (Phi) is 5.95. The first kappa shape index (κ1) is 17.5. The molecule has 0 spiro atoms. The number of ether oxygens (including phenoxy) is 2. The Labute approximate surface area is 141 Å². The zero-order valence-electron chi connectivity index (χ0n) is 14.0. The van der Waals surface area contributed by atoms with E-state index in [0.29, 0.717) is 11.3 Å². The number of benzene rings is 2. The third-order valence-corrected chi connectivity index (χ3v) is 3.79. The van der Waals surface area contributed by atoms with Crippen molar-refractivity contribution in [3.63, 3.8) is 0 Å². The SMILES string of the molecule is COC(=O)C(NC(=O)COc1cccc(C)c1C)c1ccccc1. The minimum atomic E-state index is -0.856. The monoisotopic (exact) mass is 327 g/mol. The normalized spacial score (nSPS) is 11.5. The highest BCUT2D eigenvalue weighted by Crippen LogP contribution is 2.20. The fourth-order valence-corrected chi connectivity index (χ4v) is 2.27. The summed E-state index contributed by atoms with van der Waals surface area (Å²) in [5, 5.41) is 2.65. The lowest BCUT2D eigenvalue weighted by atomic mass is 10.1. The lowest BCUT2D eigenvalue weighted by Crippen LogP contribution is -2.37. The molecule has 0 saturated carbocycles. The van der Waals surface area contributed by atoms with Crippen LogP contribution in [0.5, 0.6) is 5.75 Å². The summed E-state index contributed by atoms with van der Waals surface area (Å²) in [5.41, 5.74) is 2.73. The minimum absolute atomic E-state index is 0.176. The van der Waals surface area contributed by atoms with Crippen LogP contribution in [0, 0.1) is 13.8 Å². The number of methoxy groups -OCH3 is 1. The second-order valence-electron chi connectivity index (χ2n) is 5.42. The van der Waals surface area contributed by atoms with Crippen LogP contribution < -0.4 is 10.1 Å². The number of rotatable bonds is 6. The molecule has 0 heterocycles. The van der Waals surface area contributed by atoms with Crippen molar-refractivity contribution in [1.82, 2.24) is 5.32 Å². The predicted molar refractivity (Wildman–Crippen MR) is 90.8 cm³/mol. The van der Waals surface area contributed by atoms with Crippen molar-refractivity contribution in [2.24, 2.45) is 0 Å². The van der Waals surface area contributed by atoms with Crippen LogP contribution in [0.25, 0.3) is 0 Å². The molecule has 24 heavy (non-hydrogen) atoms. The molecule has 2 rings (SSSR count). The van der Waals surface area contributed by atoms with E-state index >= 15 is 0 Å². The molecule has 0 saturated heterocycles. The summed E-state index contributed by atoms with van der Waals surface area (Å²) in [6.45, 7) is 3.74. The van der Waals surface area contributed by atoms with Crippen molar-refractivity contribution in [2.45, 2.75) is 19.9 Å². The smallest absolute Gasteiger partial charge is 0.333 e. The van der Waals surface area contributed by atoms with Crippen LogP contribution in [0.2, 0.25) is 0 Å². The Morgan fingerprint density at radius 3 is 2.42 bits per heavy atom. The zero-order valence-corrected chi connectivity index (χ0v) is 14.0. The highest BCUT2D eigenvalue weighted by Gasteiger charge is 2.23. The average molecular weight is 327 g/mol. The first-order valence-corrected chi connectivity index (χ1v) is 7.64. The maximum atomic E-state index is 12.2. The van der Waals surface area contributed by atoms with E-state index in [1.54, 1.807) is 24.3 Å². The zero-order chi connectivity index (χ0) is 17.5. The number of hydrogen-bond acceptors (Lipinski definition) is 4. The van der Waals surface area contributed by atoms with Crippen LogP contribution in [0.3, 0.4) is 0 Å². The van der Waals surface area contributed by atoms with Gasteiger partial charge in [0.1, 0.15) is 5.75 Å². The second kappa shape index (κ2) is 8.15. The van der Waals surface area contributed by atoms with Crippen LogP contribution in [-0.4, -0.2) is 25.6 Å². The molecule has 1 unspecified atom stereocenters. The lowest BCUT2D eigenvalue weighted by Gasteiger charge is -2.17. The highest BCUT2D eigenvalue weighted by atomic mass is 16.5. The molecule has 1 N–H and O–H groups in total. The average Bonchev–Trinajstić information content (AvgIpc) is 2.61. The third kappa shape index (κ3) is 4.35. The molecule has 1 amide bonds. The van der Waals surface area contributed by atoms with Gasteiger partial charge in [0, 0.05) is 0 Å². The van der Waals surface area contributed by atoms with E-state index in [0.717, 1.165) is 11.1 Å². The minimum Gasteiger partial charge on any atom is -0.483 e. The molecule has 0 aromatic heterocycles. The van der Waals surface area contributed by atoms with Gasteiger partial charge in [-0.15, -0.1) is 0 Å². The van der Waals surface area contributed by atoms with Gasteiger partial charge in [-0.25, -0.2) is 4.79 Å². The van der Waals surface area contributed by atoms with Gasteiger partial charge in [0.2, 0.25) is 0 Å². The Balaban J connectivity index is 2.03. The Bertz CT molecular complexity index is 713. The fraction of sp³-hybridized carbons (Fsp3) is 0.263. The Morgan fingerprint density at radius 2 is 1.75 bits per heavy atom. The molecule has 5 nitrogen and oxygen atoms in total. The Hall–Kier alpha value is -2.82. The number of esters is 1. The van der Waals surface area contributed by atoms with Crippen molar-refractivity contribution in [3.8, 4) is 5.75 Å². The van der Waals surface area contributed by atoms with E-state index in [1.165, 1.54) is 7.11 Å². The van der Waals surface area contributed by atoms with Gasteiger partial charge in [0.05, 0.1) is 7.11 Å². The van der Waals surface area contributed by atoms with E-state index in [1.807, 2.05) is 38.1 Å².